The molecule has 0 saturated heterocycles. The molecule has 0 unspecified atom stereocenters. The number of nitrogens with two attached hydrogens (primary N) is 1. The Kier molecular flexibility index (Phi) is 4.63. The molecule has 2 heteroatoms. The minimum absolute atomic E-state index is 0.367. The fraction of sp³-hybridized carbons (Fsp3) is 0.625. The van der Waals surface area contributed by atoms with E-state index in [9.17, 15) is 0 Å². The Morgan fingerprint density at radius 3 is 2.50 bits per heavy atom. The first-order valence-corrected chi connectivity index (χ1v) is 3.65. The summed E-state index contributed by atoms with van der Waals surface area (Å²) in [7, 11) is 0. The van der Waals surface area contributed by atoms with E-state index in [-0.39, 0.29) is 0 Å². The molecular formula is C8H16N2. The van der Waals surface area contributed by atoms with Gasteiger partial charge in [0.1, 0.15) is 0 Å². The Labute approximate surface area is 62.8 Å². The topological polar surface area (TPSA) is 38.4 Å². The average molecular weight is 140 g/mol. The number of hydrogen-bond acceptors (Lipinski definition) is 2. The SMILES string of the molecule is CCC(/C=C\N)=N/C(C)C. The summed E-state index contributed by atoms with van der Waals surface area (Å²) in [5.74, 6) is 0. The largest absolute Gasteiger partial charge is 0.405 e. The molecule has 0 bridgehead atoms. The predicted molar refractivity (Wildman–Crippen MR) is 46.2 cm³/mol. The molecule has 0 aromatic rings. The molecule has 0 heterocycles. The highest BCUT2D eigenvalue weighted by Gasteiger charge is 1.90. The zero-order valence-electron chi connectivity index (χ0n) is 6.96. The van der Waals surface area contributed by atoms with Crippen LogP contribution in [0.4, 0.5) is 0 Å². The molecule has 0 fully saturated rings. The van der Waals surface area contributed by atoms with Gasteiger partial charge in [-0.2, -0.15) is 0 Å². The van der Waals surface area contributed by atoms with E-state index in [1.807, 2.05) is 6.08 Å². The van der Waals surface area contributed by atoms with E-state index in [4.69, 9.17) is 5.73 Å². The molecule has 0 amide bonds. The van der Waals surface area contributed by atoms with Gasteiger partial charge in [0.2, 0.25) is 0 Å². The van der Waals surface area contributed by atoms with Crippen molar-refractivity contribution in [2.45, 2.75) is 33.2 Å². The third kappa shape index (κ3) is 4.13. The monoisotopic (exact) mass is 140 g/mol. The van der Waals surface area contributed by atoms with Gasteiger partial charge in [0, 0.05) is 11.8 Å². The fourth-order valence-electron chi connectivity index (χ4n) is 0.695. The fourth-order valence-corrected chi connectivity index (χ4v) is 0.695. The van der Waals surface area contributed by atoms with Crippen molar-refractivity contribution in [2.24, 2.45) is 10.7 Å². The highest BCUT2D eigenvalue weighted by atomic mass is 14.8. The van der Waals surface area contributed by atoms with Gasteiger partial charge in [-0.3, -0.25) is 4.99 Å². The Morgan fingerprint density at radius 2 is 2.20 bits per heavy atom. The average Bonchev–Trinajstić information content (AvgIpc) is 1.86. The van der Waals surface area contributed by atoms with E-state index in [0.29, 0.717) is 6.04 Å². The number of hydrogen-bond donors (Lipinski definition) is 1. The van der Waals surface area contributed by atoms with Crippen LogP contribution < -0.4 is 5.73 Å². The van der Waals surface area contributed by atoms with Crippen LogP contribution in [-0.4, -0.2) is 11.8 Å². The maximum Gasteiger partial charge on any atom is 0.0446 e. The quantitative estimate of drug-likeness (QED) is 0.595. The number of rotatable bonds is 3. The van der Waals surface area contributed by atoms with Gasteiger partial charge in [-0.1, -0.05) is 6.92 Å². The second kappa shape index (κ2) is 5.03. The van der Waals surface area contributed by atoms with Crippen LogP contribution in [0.25, 0.3) is 0 Å². The number of nitrogens with zero attached hydrogens (tertiary/aromatic N) is 1. The molecule has 0 aromatic carbocycles. The van der Waals surface area contributed by atoms with Crippen molar-refractivity contribution in [3.63, 3.8) is 0 Å². The molecule has 2 N–H and O–H groups in total. The molecule has 2 nitrogen and oxygen atoms in total. The van der Waals surface area contributed by atoms with E-state index in [0.717, 1.165) is 12.1 Å². The summed E-state index contributed by atoms with van der Waals surface area (Å²) in [6.07, 6.45) is 4.33. The van der Waals surface area contributed by atoms with Crippen molar-refractivity contribution in [3.8, 4) is 0 Å². The van der Waals surface area contributed by atoms with Crippen LogP contribution >= 0.6 is 0 Å². The molecule has 0 radical (unpaired) electrons. The first kappa shape index (κ1) is 9.21. The summed E-state index contributed by atoms with van der Waals surface area (Å²) in [6.45, 7) is 6.18. The summed E-state index contributed by atoms with van der Waals surface area (Å²) >= 11 is 0. The van der Waals surface area contributed by atoms with E-state index < -0.39 is 0 Å². The third-order valence-electron chi connectivity index (χ3n) is 1.07. The number of aliphatic imine (C=N–C) groups is 1. The van der Waals surface area contributed by atoms with E-state index >= 15 is 0 Å². The lowest BCUT2D eigenvalue weighted by atomic mass is 10.2. The van der Waals surface area contributed by atoms with Crippen LogP contribution in [0.15, 0.2) is 17.3 Å². The van der Waals surface area contributed by atoms with E-state index in [1.54, 1.807) is 0 Å². The van der Waals surface area contributed by atoms with Crippen molar-refractivity contribution in [2.75, 3.05) is 0 Å². The van der Waals surface area contributed by atoms with Crippen LogP contribution in [0.3, 0.4) is 0 Å². The minimum Gasteiger partial charge on any atom is -0.405 e. The van der Waals surface area contributed by atoms with Crippen LogP contribution in [-0.2, 0) is 0 Å². The molecule has 0 rings (SSSR count). The lowest BCUT2D eigenvalue weighted by molar-refractivity contribution is 0.832. The Morgan fingerprint density at radius 1 is 1.60 bits per heavy atom. The second-order valence-electron chi connectivity index (χ2n) is 2.43. The first-order valence-electron chi connectivity index (χ1n) is 3.65. The van der Waals surface area contributed by atoms with Crippen molar-refractivity contribution in [1.82, 2.24) is 0 Å². The molecule has 0 aromatic heterocycles. The smallest absolute Gasteiger partial charge is 0.0446 e. The zero-order chi connectivity index (χ0) is 7.98. The summed E-state index contributed by atoms with van der Waals surface area (Å²) in [4.78, 5) is 4.34. The highest BCUT2D eigenvalue weighted by molar-refractivity contribution is 5.94. The van der Waals surface area contributed by atoms with Gasteiger partial charge in [-0.25, -0.2) is 0 Å². The van der Waals surface area contributed by atoms with Gasteiger partial charge in [0.25, 0.3) is 0 Å². The molecule has 0 aliphatic rings. The molecule has 0 aliphatic carbocycles. The lowest BCUT2D eigenvalue weighted by Gasteiger charge is -1.99. The second-order valence-corrected chi connectivity index (χ2v) is 2.43. The maximum atomic E-state index is 5.22. The summed E-state index contributed by atoms with van der Waals surface area (Å²) in [6, 6.07) is 0.367. The molecule has 58 valence electrons. The molecule has 0 aliphatic heterocycles. The van der Waals surface area contributed by atoms with E-state index in [2.05, 4.69) is 25.8 Å². The van der Waals surface area contributed by atoms with Crippen LogP contribution in [0, 0.1) is 0 Å². The zero-order valence-corrected chi connectivity index (χ0v) is 6.96. The van der Waals surface area contributed by atoms with Crippen LogP contribution in [0.5, 0.6) is 0 Å². The number of allylic oxidation sites excluding steroid dienone is 1. The summed E-state index contributed by atoms with van der Waals surface area (Å²) in [5.41, 5.74) is 6.29. The van der Waals surface area contributed by atoms with Gasteiger partial charge < -0.3 is 5.73 Å². The first-order chi connectivity index (χ1) is 4.70. The minimum atomic E-state index is 0.367. The van der Waals surface area contributed by atoms with Gasteiger partial charge in [-0.15, -0.1) is 0 Å². The molecular weight excluding hydrogens is 124 g/mol. The van der Waals surface area contributed by atoms with Crippen molar-refractivity contribution in [3.05, 3.63) is 12.3 Å². The normalized spacial score (nSPS) is 13.4. The third-order valence-corrected chi connectivity index (χ3v) is 1.07. The molecule has 10 heavy (non-hydrogen) atoms. The predicted octanol–water partition coefficient (Wildman–Crippen LogP) is 1.72. The van der Waals surface area contributed by atoms with Crippen LogP contribution in [0.2, 0.25) is 0 Å². The molecule has 0 spiro atoms. The van der Waals surface area contributed by atoms with Crippen LogP contribution in [0.1, 0.15) is 27.2 Å². The van der Waals surface area contributed by atoms with Crippen molar-refractivity contribution in [1.29, 1.82) is 0 Å². The van der Waals surface area contributed by atoms with Crippen molar-refractivity contribution < 1.29 is 0 Å². The van der Waals surface area contributed by atoms with Gasteiger partial charge >= 0.3 is 0 Å². The molecule has 0 saturated carbocycles. The molecule has 0 atom stereocenters. The summed E-state index contributed by atoms with van der Waals surface area (Å²) in [5, 5.41) is 0. The Bertz CT molecular complexity index is 134. The van der Waals surface area contributed by atoms with Gasteiger partial charge in [0.05, 0.1) is 0 Å². The van der Waals surface area contributed by atoms with Gasteiger partial charge in [-0.05, 0) is 32.5 Å². The standard InChI is InChI=1S/C8H16N2/c1-4-8(5-6-9)10-7(2)3/h5-7H,4,9H2,1-3H3/b6-5-,10-8-. The lowest BCUT2D eigenvalue weighted by Crippen LogP contribution is -1.98. The van der Waals surface area contributed by atoms with E-state index in [1.165, 1.54) is 6.20 Å². The highest BCUT2D eigenvalue weighted by Crippen LogP contribution is 1.93. The Balaban J connectivity index is 4.04. The van der Waals surface area contributed by atoms with Gasteiger partial charge in [0.15, 0.2) is 0 Å². The maximum absolute atomic E-state index is 5.22. The van der Waals surface area contributed by atoms with Crippen molar-refractivity contribution >= 4 is 5.71 Å². The Hall–Kier alpha value is -0.790. The summed E-state index contributed by atoms with van der Waals surface area (Å²) < 4.78 is 0.